The molecule has 0 aromatic heterocycles. The molecule has 0 atom stereocenters. The Morgan fingerprint density at radius 3 is 2.20 bits per heavy atom. The smallest absolute Gasteiger partial charge is 0.434 e. The lowest BCUT2D eigenvalue weighted by Gasteiger charge is -2.14. The van der Waals surface area contributed by atoms with E-state index in [1.807, 2.05) is 6.07 Å². The van der Waals surface area contributed by atoms with Crippen LogP contribution in [-0.2, 0) is 9.53 Å². The first-order valence-electron chi connectivity index (χ1n) is 10.2. The van der Waals surface area contributed by atoms with Crippen LogP contribution in [-0.4, -0.2) is 24.6 Å². The van der Waals surface area contributed by atoms with E-state index < -0.39 is 6.16 Å². The normalized spacial score (nSPS) is 13.5. The van der Waals surface area contributed by atoms with Crippen molar-refractivity contribution in [3.63, 3.8) is 0 Å². The third-order valence-corrected chi connectivity index (χ3v) is 4.98. The van der Waals surface area contributed by atoms with Gasteiger partial charge in [0.1, 0.15) is 5.75 Å². The van der Waals surface area contributed by atoms with Crippen LogP contribution in [0.1, 0.15) is 49.4 Å². The molecule has 0 aliphatic heterocycles. The number of carbonyl (C=O) groups is 3. The Labute approximate surface area is 175 Å². The molecule has 3 rings (SSSR count). The highest BCUT2D eigenvalue weighted by Gasteiger charge is 2.19. The summed E-state index contributed by atoms with van der Waals surface area (Å²) in [4.78, 5) is 36.3. The van der Waals surface area contributed by atoms with E-state index in [0.29, 0.717) is 29.3 Å². The molecule has 0 heterocycles. The average molecular weight is 410 g/mol. The number of amides is 2. The van der Waals surface area contributed by atoms with Crippen LogP contribution < -0.4 is 15.4 Å². The zero-order valence-electron chi connectivity index (χ0n) is 17.0. The molecule has 2 aromatic rings. The quantitative estimate of drug-likeness (QED) is 0.495. The summed E-state index contributed by atoms with van der Waals surface area (Å²) in [5.74, 6) is 0.353. The molecule has 2 N–H and O–H groups in total. The first-order chi connectivity index (χ1) is 14.5. The van der Waals surface area contributed by atoms with E-state index in [4.69, 9.17) is 9.47 Å². The second kappa shape index (κ2) is 10.4. The van der Waals surface area contributed by atoms with Gasteiger partial charge in [0.15, 0.2) is 0 Å². The summed E-state index contributed by atoms with van der Waals surface area (Å²) in [7, 11) is 0. The van der Waals surface area contributed by atoms with Crippen LogP contribution in [0.3, 0.4) is 0 Å². The van der Waals surface area contributed by atoms with E-state index in [1.165, 1.54) is 25.0 Å². The molecule has 0 spiro atoms. The van der Waals surface area contributed by atoms with E-state index in [1.54, 1.807) is 37.3 Å². The van der Waals surface area contributed by atoms with E-state index in [0.717, 1.165) is 12.8 Å². The minimum atomic E-state index is -0.794. The topological polar surface area (TPSA) is 93.7 Å². The van der Waals surface area contributed by atoms with Crippen LogP contribution in [0.25, 0.3) is 0 Å². The summed E-state index contributed by atoms with van der Waals surface area (Å²) in [5, 5.41) is 5.73. The van der Waals surface area contributed by atoms with Crippen LogP contribution in [0.2, 0.25) is 0 Å². The van der Waals surface area contributed by atoms with Crippen LogP contribution >= 0.6 is 0 Å². The average Bonchev–Trinajstić information content (AvgIpc) is 3.23. The summed E-state index contributed by atoms with van der Waals surface area (Å²) in [6.45, 7) is 1.90. The molecule has 1 saturated carbocycles. The van der Waals surface area contributed by atoms with Crippen molar-refractivity contribution in [1.29, 1.82) is 0 Å². The van der Waals surface area contributed by atoms with Gasteiger partial charge in [-0.15, -0.1) is 0 Å². The van der Waals surface area contributed by atoms with Gasteiger partial charge >= 0.3 is 6.16 Å². The van der Waals surface area contributed by atoms with Gasteiger partial charge in [-0.05, 0) is 62.1 Å². The Kier molecular flexibility index (Phi) is 7.43. The first kappa shape index (κ1) is 21.4. The SMILES string of the molecule is CCOC(=O)Oc1ccc(C(=O)Nc2ccccc2NC(=O)CC2CCCC2)cc1. The first-order valence-corrected chi connectivity index (χ1v) is 10.2. The van der Waals surface area contributed by atoms with Crippen molar-refractivity contribution in [1.82, 2.24) is 0 Å². The number of hydrogen-bond donors (Lipinski definition) is 2. The predicted molar refractivity (Wildman–Crippen MR) is 114 cm³/mol. The second-order valence-electron chi connectivity index (χ2n) is 7.21. The molecule has 158 valence electrons. The van der Waals surface area contributed by atoms with E-state index >= 15 is 0 Å². The number of carbonyl (C=O) groups excluding carboxylic acids is 3. The highest BCUT2D eigenvalue weighted by Crippen LogP contribution is 2.29. The molecule has 0 unspecified atom stereocenters. The van der Waals surface area contributed by atoms with Crippen molar-refractivity contribution in [3.05, 3.63) is 54.1 Å². The van der Waals surface area contributed by atoms with Crippen molar-refractivity contribution in [3.8, 4) is 5.75 Å². The third kappa shape index (κ3) is 6.07. The third-order valence-electron chi connectivity index (χ3n) is 4.98. The number of nitrogens with one attached hydrogen (secondary N) is 2. The number of ether oxygens (including phenoxy) is 2. The monoisotopic (exact) mass is 410 g/mol. The molecule has 1 aliphatic rings. The van der Waals surface area contributed by atoms with Crippen molar-refractivity contribution in [2.45, 2.75) is 39.0 Å². The number of anilines is 2. The maximum atomic E-state index is 12.6. The molecule has 0 saturated heterocycles. The fourth-order valence-electron chi connectivity index (χ4n) is 3.49. The highest BCUT2D eigenvalue weighted by atomic mass is 16.7. The summed E-state index contributed by atoms with van der Waals surface area (Å²) >= 11 is 0. The Morgan fingerprint density at radius 2 is 1.57 bits per heavy atom. The van der Waals surface area contributed by atoms with Gasteiger partial charge in [-0.1, -0.05) is 25.0 Å². The zero-order valence-corrected chi connectivity index (χ0v) is 17.0. The summed E-state index contributed by atoms with van der Waals surface area (Å²) in [6.07, 6.45) is 4.28. The maximum Gasteiger partial charge on any atom is 0.513 e. The molecule has 0 bridgehead atoms. The number of hydrogen-bond acceptors (Lipinski definition) is 5. The molecule has 2 aromatic carbocycles. The lowest BCUT2D eigenvalue weighted by atomic mass is 10.0. The molecule has 1 aliphatic carbocycles. The van der Waals surface area contributed by atoms with Gasteiger partial charge in [0.05, 0.1) is 18.0 Å². The minimum Gasteiger partial charge on any atom is -0.434 e. The number of benzene rings is 2. The van der Waals surface area contributed by atoms with Gasteiger partial charge in [-0.25, -0.2) is 4.79 Å². The number of para-hydroxylation sites is 2. The Balaban J connectivity index is 1.61. The Hall–Kier alpha value is -3.35. The van der Waals surface area contributed by atoms with Gasteiger partial charge in [0, 0.05) is 12.0 Å². The summed E-state index contributed by atoms with van der Waals surface area (Å²) < 4.78 is 9.70. The van der Waals surface area contributed by atoms with Gasteiger partial charge in [0.25, 0.3) is 5.91 Å². The van der Waals surface area contributed by atoms with Crippen LogP contribution in [0.4, 0.5) is 16.2 Å². The summed E-state index contributed by atoms with van der Waals surface area (Å²) in [6, 6.07) is 13.2. The molecular weight excluding hydrogens is 384 g/mol. The van der Waals surface area contributed by atoms with Crippen LogP contribution in [0.15, 0.2) is 48.5 Å². The maximum absolute atomic E-state index is 12.6. The largest absolute Gasteiger partial charge is 0.513 e. The minimum absolute atomic E-state index is 0.0379. The van der Waals surface area contributed by atoms with Crippen molar-refractivity contribution < 1.29 is 23.9 Å². The molecule has 0 radical (unpaired) electrons. The van der Waals surface area contributed by atoms with Crippen LogP contribution in [0.5, 0.6) is 5.75 Å². The lowest BCUT2D eigenvalue weighted by Crippen LogP contribution is -2.18. The molecule has 1 fully saturated rings. The zero-order chi connectivity index (χ0) is 21.3. The Bertz CT molecular complexity index is 889. The molecule has 7 nitrogen and oxygen atoms in total. The summed E-state index contributed by atoms with van der Waals surface area (Å²) in [5.41, 5.74) is 1.48. The second-order valence-corrected chi connectivity index (χ2v) is 7.21. The molecule has 7 heteroatoms. The van der Waals surface area contributed by atoms with Crippen LogP contribution in [0, 0.1) is 5.92 Å². The standard InChI is InChI=1S/C23H26N2O5/c1-2-29-23(28)30-18-13-11-17(12-14-18)22(27)25-20-10-6-5-9-19(20)24-21(26)15-16-7-3-4-8-16/h5-6,9-14,16H,2-4,7-8,15H2,1H3,(H,24,26)(H,25,27). The van der Waals surface area contributed by atoms with E-state index in [2.05, 4.69) is 10.6 Å². The number of rotatable bonds is 7. The molecule has 30 heavy (non-hydrogen) atoms. The van der Waals surface area contributed by atoms with Crippen molar-refractivity contribution >= 4 is 29.3 Å². The van der Waals surface area contributed by atoms with E-state index in [9.17, 15) is 14.4 Å². The highest BCUT2D eigenvalue weighted by molar-refractivity contribution is 6.07. The van der Waals surface area contributed by atoms with Crippen molar-refractivity contribution in [2.24, 2.45) is 5.92 Å². The van der Waals surface area contributed by atoms with Gasteiger partial charge in [-0.2, -0.15) is 0 Å². The van der Waals surface area contributed by atoms with Gasteiger partial charge in [0.2, 0.25) is 5.91 Å². The molecule has 2 amide bonds. The lowest BCUT2D eigenvalue weighted by molar-refractivity contribution is -0.117. The Morgan fingerprint density at radius 1 is 0.933 bits per heavy atom. The predicted octanol–water partition coefficient (Wildman–Crippen LogP) is 4.99. The van der Waals surface area contributed by atoms with Gasteiger partial charge < -0.3 is 20.1 Å². The van der Waals surface area contributed by atoms with Crippen molar-refractivity contribution in [2.75, 3.05) is 17.2 Å². The molecular formula is C23H26N2O5. The fourth-order valence-corrected chi connectivity index (χ4v) is 3.49. The fraction of sp³-hybridized carbons (Fsp3) is 0.348. The van der Waals surface area contributed by atoms with E-state index in [-0.39, 0.29) is 24.2 Å². The van der Waals surface area contributed by atoms with Gasteiger partial charge in [-0.3, -0.25) is 9.59 Å².